The van der Waals surface area contributed by atoms with Crippen LogP contribution in [0.2, 0.25) is 0 Å². The number of hydrogen-bond donors (Lipinski definition) is 1. The lowest BCUT2D eigenvalue weighted by molar-refractivity contribution is -0.138. The van der Waals surface area contributed by atoms with E-state index in [1.165, 1.54) is 19.1 Å². The summed E-state index contributed by atoms with van der Waals surface area (Å²) in [5.74, 6) is -0.0462. The zero-order valence-corrected chi connectivity index (χ0v) is 9.95. The van der Waals surface area contributed by atoms with Gasteiger partial charge in [0.05, 0.1) is 0 Å². The summed E-state index contributed by atoms with van der Waals surface area (Å²) < 4.78 is 12.8. The Labute approximate surface area is 100 Å². The van der Waals surface area contributed by atoms with Crippen molar-refractivity contribution >= 4 is 5.78 Å². The molecule has 0 bridgehead atoms. The molecule has 0 saturated heterocycles. The molecular weight excluding hydrogens is 219 g/mol. The van der Waals surface area contributed by atoms with Gasteiger partial charge in [0.15, 0.2) is 5.78 Å². The van der Waals surface area contributed by atoms with Crippen molar-refractivity contribution in [1.29, 1.82) is 0 Å². The van der Waals surface area contributed by atoms with Gasteiger partial charge in [-0.3, -0.25) is 4.79 Å². The first kappa shape index (κ1) is 12.2. The maximum atomic E-state index is 12.8. The molecule has 0 radical (unpaired) electrons. The smallest absolute Gasteiger partial charge is 0.161 e. The Kier molecular flexibility index (Phi) is 3.29. The zero-order chi connectivity index (χ0) is 12.5. The first-order valence-corrected chi connectivity index (χ1v) is 6.00. The Morgan fingerprint density at radius 2 is 1.82 bits per heavy atom. The predicted octanol–water partition coefficient (Wildman–Crippen LogP) is 2.80. The van der Waals surface area contributed by atoms with E-state index in [1.54, 1.807) is 12.1 Å². The summed E-state index contributed by atoms with van der Waals surface area (Å²) in [6.45, 7) is 1.44. The number of carbonyl (C=O) groups is 1. The second-order valence-electron chi connectivity index (χ2n) is 4.91. The molecule has 1 aromatic rings. The molecule has 1 aliphatic carbocycles. The van der Waals surface area contributed by atoms with Crippen LogP contribution in [0.15, 0.2) is 24.3 Å². The lowest BCUT2D eigenvalue weighted by atomic mass is 9.74. The minimum Gasteiger partial charge on any atom is -0.382 e. The van der Waals surface area contributed by atoms with E-state index in [-0.39, 0.29) is 11.6 Å². The zero-order valence-electron chi connectivity index (χ0n) is 9.95. The molecule has 0 unspecified atom stereocenters. The van der Waals surface area contributed by atoms with E-state index in [2.05, 4.69) is 0 Å². The average molecular weight is 236 g/mol. The molecule has 1 fully saturated rings. The number of ketones is 1. The summed E-state index contributed by atoms with van der Waals surface area (Å²) in [7, 11) is 0. The molecule has 17 heavy (non-hydrogen) atoms. The first-order chi connectivity index (χ1) is 8.01. The fourth-order valence-corrected chi connectivity index (χ4v) is 2.52. The molecule has 0 heterocycles. The Bertz CT molecular complexity index is 403. The van der Waals surface area contributed by atoms with Crippen molar-refractivity contribution in [2.24, 2.45) is 0 Å². The summed E-state index contributed by atoms with van der Waals surface area (Å²) in [6.07, 6.45) is 2.57. The van der Waals surface area contributed by atoms with Crippen LogP contribution in [0.3, 0.4) is 0 Å². The third-order valence-corrected chi connectivity index (χ3v) is 3.81. The average Bonchev–Trinajstić information content (AvgIpc) is 2.31. The van der Waals surface area contributed by atoms with E-state index in [9.17, 15) is 14.3 Å². The maximum absolute atomic E-state index is 12.8. The Morgan fingerprint density at radius 3 is 2.29 bits per heavy atom. The normalized spacial score (nSPS) is 29.0. The van der Waals surface area contributed by atoms with Crippen LogP contribution in [0, 0.1) is 5.82 Å². The summed E-state index contributed by atoms with van der Waals surface area (Å²) in [5, 5.41) is 10.0. The van der Waals surface area contributed by atoms with Gasteiger partial charge in [0.2, 0.25) is 0 Å². The fourth-order valence-electron chi connectivity index (χ4n) is 2.52. The van der Waals surface area contributed by atoms with Crippen LogP contribution >= 0.6 is 0 Å². The molecule has 2 nitrogen and oxygen atoms in total. The molecule has 0 amide bonds. The topological polar surface area (TPSA) is 37.3 Å². The molecule has 2 rings (SSSR count). The summed E-state index contributed by atoms with van der Waals surface area (Å²) in [4.78, 5) is 11.3. The molecule has 1 saturated carbocycles. The van der Waals surface area contributed by atoms with E-state index in [1.807, 2.05) is 0 Å². The lowest BCUT2D eigenvalue weighted by Gasteiger charge is -2.34. The highest BCUT2D eigenvalue weighted by atomic mass is 19.1. The monoisotopic (exact) mass is 236 g/mol. The lowest BCUT2D eigenvalue weighted by Crippen LogP contribution is -2.40. The Morgan fingerprint density at radius 1 is 1.29 bits per heavy atom. The van der Waals surface area contributed by atoms with Crippen molar-refractivity contribution in [1.82, 2.24) is 0 Å². The number of aliphatic hydroxyl groups is 1. The van der Waals surface area contributed by atoms with Crippen LogP contribution < -0.4 is 0 Å². The Balaban J connectivity index is 2.04. The van der Waals surface area contributed by atoms with E-state index < -0.39 is 5.60 Å². The minimum absolute atomic E-state index is 0.143. The third-order valence-electron chi connectivity index (χ3n) is 3.81. The number of hydrogen-bond acceptors (Lipinski definition) is 2. The molecule has 3 heteroatoms. The van der Waals surface area contributed by atoms with E-state index in [0.717, 1.165) is 18.4 Å². The van der Waals surface area contributed by atoms with Crippen molar-refractivity contribution in [3.8, 4) is 0 Å². The van der Waals surface area contributed by atoms with Gasteiger partial charge in [0.25, 0.3) is 0 Å². The van der Waals surface area contributed by atoms with Crippen LogP contribution in [-0.2, 0) is 4.79 Å². The number of carbonyl (C=O) groups excluding carboxylic acids is 1. The largest absolute Gasteiger partial charge is 0.382 e. The number of benzene rings is 1. The molecule has 1 aromatic carbocycles. The molecule has 0 aliphatic heterocycles. The van der Waals surface area contributed by atoms with Gasteiger partial charge in [0, 0.05) is 0 Å². The van der Waals surface area contributed by atoms with E-state index in [4.69, 9.17) is 0 Å². The highest BCUT2D eigenvalue weighted by Crippen LogP contribution is 2.38. The van der Waals surface area contributed by atoms with Gasteiger partial charge in [-0.05, 0) is 56.2 Å². The van der Waals surface area contributed by atoms with Crippen LogP contribution in [0.25, 0.3) is 0 Å². The maximum Gasteiger partial charge on any atom is 0.161 e. The van der Waals surface area contributed by atoms with Crippen LogP contribution in [-0.4, -0.2) is 16.5 Å². The minimum atomic E-state index is -1.13. The van der Waals surface area contributed by atoms with Crippen LogP contribution in [0.4, 0.5) is 4.39 Å². The van der Waals surface area contributed by atoms with Crippen LogP contribution in [0.1, 0.15) is 44.1 Å². The second-order valence-corrected chi connectivity index (χ2v) is 4.91. The molecule has 92 valence electrons. The van der Waals surface area contributed by atoms with Crippen molar-refractivity contribution in [3.05, 3.63) is 35.6 Å². The van der Waals surface area contributed by atoms with Gasteiger partial charge in [-0.15, -0.1) is 0 Å². The van der Waals surface area contributed by atoms with E-state index >= 15 is 0 Å². The fraction of sp³-hybridized carbons (Fsp3) is 0.500. The van der Waals surface area contributed by atoms with Crippen molar-refractivity contribution in [2.75, 3.05) is 0 Å². The van der Waals surface area contributed by atoms with Crippen molar-refractivity contribution in [3.63, 3.8) is 0 Å². The summed E-state index contributed by atoms with van der Waals surface area (Å²) in [5.41, 5.74) is -0.0340. The van der Waals surface area contributed by atoms with Crippen molar-refractivity contribution < 1.29 is 14.3 Å². The van der Waals surface area contributed by atoms with Crippen molar-refractivity contribution in [2.45, 2.75) is 44.1 Å². The van der Waals surface area contributed by atoms with Crippen LogP contribution in [0.5, 0.6) is 0 Å². The van der Waals surface area contributed by atoms with Gasteiger partial charge in [-0.2, -0.15) is 0 Å². The van der Waals surface area contributed by atoms with Gasteiger partial charge in [0.1, 0.15) is 11.4 Å². The highest BCUT2D eigenvalue weighted by Gasteiger charge is 2.37. The molecule has 1 N–H and O–H groups in total. The highest BCUT2D eigenvalue weighted by molar-refractivity contribution is 5.84. The van der Waals surface area contributed by atoms with Gasteiger partial charge in [-0.1, -0.05) is 12.1 Å². The SMILES string of the molecule is CC(=O)C1(O)CCC(c2ccc(F)cc2)CC1. The number of Topliss-reactive ketones (excluding diaryl/α,β-unsaturated/α-hetero) is 1. The van der Waals surface area contributed by atoms with Gasteiger partial charge in [-0.25, -0.2) is 4.39 Å². The molecule has 1 aliphatic rings. The Hall–Kier alpha value is -1.22. The summed E-state index contributed by atoms with van der Waals surface area (Å²) >= 11 is 0. The van der Waals surface area contributed by atoms with E-state index in [0.29, 0.717) is 18.8 Å². The first-order valence-electron chi connectivity index (χ1n) is 6.00. The molecule has 0 atom stereocenters. The predicted molar refractivity (Wildman–Crippen MR) is 63.2 cm³/mol. The third kappa shape index (κ3) is 2.55. The molecule has 0 spiro atoms. The second kappa shape index (κ2) is 4.57. The summed E-state index contributed by atoms with van der Waals surface area (Å²) in [6, 6.07) is 6.50. The molecule has 0 aromatic heterocycles. The van der Waals surface area contributed by atoms with Gasteiger partial charge < -0.3 is 5.11 Å². The number of rotatable bonds is 2. The van der Waals surface area contributed by atoms with Gasteiger partial charge >= 0.3 is 0 Å². The molecular formula is C14H17FO2. The standard InChI is InChI=1S/C14H17FO2/c1-10(16)14(17)8-6-12(7-9-14)11-2-4-13(15)5-3-11/h2-5,12,17H,6-9H2,1H3. The quantitative estimate of drug-likeness (QED) is 0.857. The number of halogens is 1.